The Balaban J connectivity index is 2.07. The van der Waals surface area contributed by atoms with E-state index in [1.165, 1.54) is 4.90 Å². The fourth-order valence-electron chi connectivity index (χ4n) is 3.33. The van der Waals surface area contributed by atoms with Gasteiger partial charge >= 0.3 is 0 Å². The Morgan fingerprint density at radius 1 is 1.37 bits per heavy atom. The van der Waals surface area contributed by atoms with Gasteiger partial charge in [-0.15, -0.1) is 0 Å². The van der Waals surface area contributed by atoms with Gasteiger partial charge in [-0.1, -0.05) is 0 Å². The van der Waals surface area contributed by atoms with E-state index in [1.54, 1.807) is 7.05 Å². The Kier molecular flexibility index (Phi) is 2.74. The first-order valence-corrected chi connectivity index (χ1v) is 6.77. The van der Waals surface area contributed by atoms with Crippen molar-refractivity contribution in [1.29, 1.82) is 0 Å². The van der Waals surface area contributed by atoms with Crippen molar-refractivity contribution in [1.82, 2.24) is 9.47 Å². The zero-order valence-electron chi connectivity index (χ0n) is 11.3. The molecule has 0 bridgehead atoms. The molecule has 2 amide bonds. The highest BCUT2D eigenvalue weighted by molar-refractivity contribution is 6.04. The van der Waals surface area contributed by atoms with Gasteiger partial charge in [0.25, 0.3) is 5.91 Å². The summed E-state index contributed by atoms with van der Waals surface area (Å²) < 4.78 is 2.04. The molecule has 2 heterocycles. The summed E-state index contributed by atoms with van der Waals surface area (Å²) in [6.45, 7) is 1.99. The molecule has 0 saturated carbocycles. The molecule has 5 nitrogen and oxygen atoms in total. The zero-order valence-corrected chi connectivity index (χ0v) is 11.3. The summed E-state index contributed by atoms with van der Waals surface area (Å²) in [5.74, 6) is -0.206. The zero-order chi connectivity index (χ0) is 13.7. The van der Waals surface area contributed by atoms with Gasteiger partial charge in [0, 0.05) is 24.5 Å². The SMILES string of the molecule is Cc1cc2c(n1C1CC(=O)N(C)C1=O)CCCC2N. The summed E-state index contributed by atoms with van der Waals surface area (Å²) in [4.78, 5) is 25.1. The van der Waals surface area contributed by atoms with Crippen LogP contribution in [0.3, 0.4) is 0 Å². The molecule has 2 unspecified atom stereocenters. The number of likely N-dealkylation sites (N-methyl/N-ethyl adjacent to an activating group) is 1. The first-order chi connectivity index (χ1) is 9.00. The third-order valence-corrected chi connectivity index (χ3v) is 4.37. The van der Waals surface area contributed by atoms with Crippen molar-refractivity contribution in [3.8, 4) is 0 Å². The van der Waals surface area contributed by atoms with E-state index < -0.39 is 0 Å². The molecule has 0 radical (unpaired) electrons. The van der Waals surface area contributed by atoms with E-state index >= 15 is 0 Å². The number of fused-ring (bicyclic) bond motifs is 1. The van der Waals surface area contributed by atoms with Gasteiger partial charge in [-0.3, -0.25) is 14.5 Å². The van der Waals surface area contributed by atoms with Crippen molar-refractivity contribution in [2.75, 3.05) is 7.05 Å². The Labute approximate surface area is 112 Å². The molecule has 2 N–H and O–H groups in total. The number of carbonyl (C=O) groups is 2. The summed E-state index contributed by atoms with van der Waals surface area (Å²) in [5, 5.41) is 0. The van der Waals surface area contributed by atoms with Gasteiger partial charge < -0.3 is 10.3 Å². The van der Waals surface area contributed by atoms with E-state index in [9.17, 15) is 9.59 Å². The maximum Gasteiger partial charge on any atom is 0.252 e. The van der Waals surface area contributed by atoms with Crippen LogP contribution < -0.4 is 5.73 Å². The van der Waals surface area contributed by atoms with Crippen LogP contribution in [0.25, 0.3) is 0 Å². The predicted octanol–water partition coefficient (Wildman–Crippen LogP) is 1.06. The topological polar surface area (TPSA) is 68.3 Å². The fourth-order valence-corrected chi connectivity index (χ4v) is 3.33. The first kappa shape index (κ1) is 12.4. The number of hydrogen-bond acceptors (Lipinski definition) is 3. The van der Waals surface area contributed by atoms with Gasteiger partial charge in [0.05, 0.1) is 6.42 Å². The van der Waals surface area contributed by atoms with Gasteiger partial charge in [0.1, 0.15) is 6.04 Å². The van der Waals surface area contributed by atoms with Crippen LogP contribution >= 0.6 is 0 Å². The van der Waals surface area contributed by atoms with E-state index in [0.717, 1.165) is 36.2 Å². The number of likely N-dealkylation sites (tertiary alicyclic amines) is 1. The average molecular weight is 261 g/mol. The molecular formula is C14H19N3O2. The van der Waals surface area contributed by atoms with Crippen molar-refractivity contribution < 1.29 is 9.59 Å². The molecule has 2 aliphatic rings. The summed E-state index contributed by atoms with van der Waals surface area (Å²) in [6, 6.07) is 1.77. The third kappa shape index (κ3) is 1.72. The molecule has 3 rings (SSSR count). The number of aromatic nitrogens is 1. The molecule has 0 spiro atoms. The highest BCUT2D eigenvalue weighted by Crippen LogP contribution is 2.35. The molecule has 102 valence electrons. The van der Waals surface area contributed by atoms with Crippen LogP contribution in [0, 0.1) is 6.92 Å². The van der Waals surface area contributed by atoms with Gasteiger partial charge in [-0.2, -0.15) is 0 Å². The Bertz CT molecular complexity index is 561. The average Bonchev–Trinajstić information content (AvgIpc) is 2.83. The number of hydrogen-bond donors (Lipinski definition) is 1. The molecular weight excluding hydrogens is 242 g/mol. The van der Waals surface area contributed by atoms with E-state index in [4.69, 9.17) is 5.73 Å². The second kappa shape index (κ2) is 4.20. The minimum atomic E-state index is -0.369. The molecule has 2 atom stereocenters. The Hall–Kier alpha value is -1.62. The lowest BCUT2D eigenvalue weighted by atomic mass is 9.93. The van der Waals surface area contributed by atoms with Crippen LogP contribution in [-0.2, 0) is 16.0 Å². The normalized spacial score (nSPS) is 27.0. The number of carbonyl (C=O) groups excluding carboxylic acids is 2. The lowest BCUT2D eigenvalue weighted by Gasteiger charge is -2.23. The molecule has 5 heteroatoms. The van der Waals surface area contributed by atoms with Gasteiger partial charge in [0.15, 0.2) is 0 Å². The number of nitrogens with zero attached hydrogens (tertiary/aromatic N) is 2. The minimum Gasteiger partial charge on any atom is -0.336 e. The van der Waals surface area contributed by atoms with Crippen LogP contribution in [0.4, 0.5) is 0 Å². The highest BCUT2D eigenvalue weighted by Gasteiger charge is 2.39. The number of amides is 2. The fraction of sp³-hybridized carbons (Fsp3) is 0.571. The smallest absolute Gasteiger partial charge is 0.252 e. The van der Waals surface area contributed by atoms with E-state index in [1.807, 2.05) is 11.5 Å². The molecule has 1 aliphatic carbocycles. The van der Waals surface area contributed by atoms with Crippen LogP contribution in [-0.4, -0.2) is 28.3 Å². The van der Waals surface area contributed by atoms with Gasteiger partial charge in [0.2, 0.25) is 5.91 Å². The number of aryl methyl sites for hydroxylation is 1. The highest BCUT2D eigenvalue weighted by atomic mass is 16.2. The van der Waals surface area contributed by atoms with Crippen molar-refractivity contribution in [2.45, 2.75) is 44.7 Å². The number of imide groups is 1. The minimum absolute atomic E-state index is 0.0636. The van der Waals surface area contributed by atoms with E-state index in [0.29, 0.717) is 0 Å². The lowest BCUT2D eigenvalue weighted by Crippen LogP contribution is -2.28. The van der Waals surface area contributed by atoms with E-state index in [2.05, 4.69) is 6.07 Å². The maximum absolute atomic E-state index is 12.2. The van der Waals surface area contributed by atoms with Gasteiger partial charge in [-0.05, 0) is 37.8 Å². The predicted molar refractivity (Wildman–Crippen MR) is 70.5 cm³/mol. The summed E-state index contributed by atoms with van der Waals surface area (Å²) in [5.41, 5.74) is 9.47. The van der Waals surface area contributed by atoms with Crippen molar-refractivity contribution in [3.63, 3.8) is 0 Å². The second-order valence-corrected chi connectivity index (χ2v) is 5.57. The summed E-state index contributed by atoms with van der Waals surface area (Å²) in [7, 11) is 1.56. The molecule has 1 aliphatic heterocycles. The lowest BCUT2D eigenvalue weighted by molar-refractivity contribution is -0.137. The summed E-state index contributed by atoms with van der Waals surface area (Å²) >= 11 is 0. The molecule has 1 aromatic rings. The van der Waals surface area contributed by atoms with E-state index in [-0.39, 0.29) is 30.3 Å². The Morgan fingerprint density at radius 3 is 2.74 bits per heavy atom. The largest absolute Gasteiger partial charge is 0.336 e. The molecule has 1 aromatic heterocycles. The molecule has 1 fully saturated rings. The second-order valence-electron chi connectivity index (χ2n) is 5.57. The molecule has 19 heavy (non-hydrogen) atoms. The van der Waals surface area contributed by atoms with Crippen LogP contribution in [0.1, 0.15) is 48.3 Å². The quantitative estimate of drug-likeness (QED) is 0.769. The number of rotatable bonds is 1. The maximum atomic E-state index is 12.2. The monoisotopic (exact) mass is 261 g/mol. The van der Waals surface area contributed by atoms with Crippen LogP contribution in [0.2, 0.25) is 0 Å². The molecule has 0 aromatic carbocycles. The van der Waals surface area contributed by atoms with Crippen molar-refractivity contribution >= 4 is 11.8 Å². The van der Waals surface area contributed by atoms with Crippen LogP contribution in [0.15, 0.2) is 6.07 Å². The van der Waals surface area contributed by atoms with Crippen LogP contribution in [0.5, 0.6) is 0 Å². The molecule has 1 saturated heterocycles. The van der Waals surface area contributed by atoms with Crippen molar-refractivity contribution in [2.24, 2.45) is 5.73 Å². The summed E-state index contributed by atoms with van der Waals surface area (Å²) in [6.07, 6.45) is 3.25. The van der Waals surface area contributed by atoms with Gasteiger partial charge in [-0.25, -0.2) is 0 Å². The number of nitrogens with two attached hydrogens (primary N) is 1. The van der Waals surface area contributed by atoms with Crippen molar-refractivity contribution in [3.05, 3.63) is 23.0 Å². The standard InChI is InChI=1S/C14H19N3O2/c1-8-6-9-10(15)4-3-5-11(9)17(8)12-7-13(18)16(2)14(12)19/h6,10,12H,3-5,7,15H2,1-2H3. The first-order valence-electron chi connectivity index (χ1n) is 6.77. The Morgan fingerprint density at radius 2 is 2.11 bits per heavy atom. The third-order valence-electron chi connectivity index (χ3n) is 4.37.